The standard InChI is InChI=1S/C14H17FN2O4/c15-12-5-4-9(8-11(12)13(19)20)16-14(21)17(6-7-18)10-2-1-3-10/h4-5,8,10,18H,1-3,6-7H2,(H,16,21)(H,19,20). The second kappa shape index (κ2) is 6.53. The van der Waals surface area contributed by atoms with Gasteiger partial charge in [0.05, 0.1) is 12.2 Å². The number of hydrogen-bond donors (Lipinski definition) is 3. The summed E-state index contributed by atoms with van der Waals surface area (Å²) >= 11 is 0. The van der Waals surface area contributed by atoms with Crippen LogP contribution in [0.3, 0.4) is 0 Å². The summed E-state index contributed by atoms with van der Waals surface area (Å²) in [7, 11) is 0. The van der Waals surface area contributed by atoms with E-state index in [0.29, 0.717) is 0 Å². The van der Waals surface area contributed by atoms with Gasteiger partial charge in [0.15, 0.2) is 0 Å². The van der Waals surface area contributed by atoms with Gasteiger partial charge >= 0.3 is 12.0 Å². The van der Waals surface area contributed by atoms with E-state index in [2.05, 4.69) is 5.32 Å². The predicted octanol–water partition coefficient (Wildman–Crippen LogP) is 1.90. The van der Waals surface area contributed by atoms with E-state index in [1.54, 1.807) is 0 Å². The van der Waals surface area contributed by atoms with E-state index in [0.717, 1.165) is 31.4 Å². The maximum atomic E-state index is 13.3. The highest BCUT2D eigenvalue weighted by Gasteiger charge is 2.28. The SMILES string of the molecule is O=C(O)c1cc(NC(=O)N(CCO)C2CCC2)ccc1F. The molecular formula is C14H17FN2O4. The van der Waals surface area contributed by atoms with Crippen molar-refractivity contribution in [3.8, 4) is 0 Å². The van der Waals surface area contributed by atoms with E-state index in [4.69, 9.17) is 10.2 Å². The van der Waals surface area contributed by atoms with E-state index in [1.165, 1.54) is 11.0 Å². The van der Waals surface area contributed by atoms with Crippen molar-refractivity contribution in [2.75, 3.05) is 18.5 Å². The Kier molecular flexibility index (Phi) is 4.74. The summed E-state index contributed by atoms with van der Waals surface area (Å²) in [5.41, 5.74) is -0.286. The van der Waals surface area contributed by atoms with Gasteiger partial charge in [-0.25, -0.2) is 14.0 Å². The number of benzene rings is 1. The number of hydrogen-bond acceptors (Lipinski definition) is 3. The number of aliphatic hydroxyl groups excluding tert-OH is 1. The van der Waals surface area contributed by atoms with Crippen molar-refractivity contribution in [2.24, 2.45) is 0 Å². The Bertz CT molecular complexity index is 546. The monoisotopic (exact) mass is 296 g/mol. The van der Waals surface area contributed by atoms with Crippen LogP contribution in [0.5, 0.6) is 0 Å². The zero-order chi connectivity index (χ0) is 15.4. The first-order valence-corrected chi connectivity index (χ1v) is 6.74. The summed E-state index contributed by atoms with van der Waals surface area (Å²) in [6.07, 6.45) is 2.81. The lowest BCUT2D eigenvalue weighted by molar-refractivity contribution is 0.0692. The second-order valence-electron chi connectivity index (χ2n) is 4.93. The van der Waals surface area contributed by atoms with Crippen LogP contribution in [0.2, 0.25) is 0 Å². The Hall–Kier alpha value is -2.15. The second-order valence-corrected chi connectivity index (χ2v) is 4.93. The fourth-order valence-electron chi connectivity index (χ4n) is 2.22. The predicted molar refractivity (Wildman–Crippen MR) is 73.8 cm³/mol. The van der Waals surface area contributed by atoms with Gasteiger partial charge in [-0.2, -0.15) is 0 Å². The van der Waals surface area contributed by atoms with Crippen LogP contribution >= 0.6 is 0 Å². The number of aliphatic hydroxyl groups is 1. The molecule has 6 nitrogen and oxygen atoms in total. The molecule has 7 heteroatoms. The summed E-state index contributed by atoms with van der Waals surface area (Å²) in [5, 5.41) is 20.4. The van der Waals surface area contributed by atoms with E-state index in [9.17, 15) is 14.0 Å². The molecule has 114 valence electrons. The van der Waals surface area contributed by atoms with Crippen molar-refractivity contribution < 1.29 is 24.2 Å². The Labute approximate surface area is 121 Å². The highest BCUT2D eigenvalue weighted by Crippen LogP contribution is 2.25. The molecule has 1 aliphatic rings. The highest BCUT2D eigenvalue weighted by molar-refractivity contribution is 5.93. The third-order valence-electron chi connectivity index (χ3n) is 3.57. The fourth-order valence-corrected chi connectivity index (χ4v) is 2.22. The first-order chi connectivity index (χ1) is 10.0. The highest BCUT2D eigenvalue weighted by atomic mass is 19.1. The summed E-state index contributed by atoms with van der Waals surface area (Å²) in [4.78, 5) is 24.6. The number of urea groups is 1. The lowest BCUT2D eigenvalue weighted by atomic mass is 9.92. The molecule has 1 aromatic rings. The van der Waals surface area contributed by atoms with Crippen LogP contribution in [-0.4, -0.2) is 46.3 Å². The van der Waals surface area contributed by atoms with Crippen LogP contribution < -0.4 is 5.32 Å². The summed E-state index contributed by atoms with van der Waals surface area (Å²) in [5.74, 6) is -2.25. The van der Waals surface area contributed by atoms with Crippen molar-refractivity contribution in [1.82, 2.24) is 4.90 Å². The average Bonchev–Trinajstić information content (AvgIpc) is 2.38. The van der Waals surface area contributed by atoms with E-state index in [1.807, 2.05) is 0 Å². The van der Waals surface area contributed by atoms with Gasteiger partial charge in [-0.05, 0) is 37.5 Å². The molecule has 1 aliphatic carbocycles. The normalized spacial score (nSPS) is 14.4. The largest absolute Gasteiger partial charge is 0.478 e. The molecule has 0 atom stereocenters. The number of halogens is 1. The molecule has 0 unspecified atom stereocenters. The number of amides is 2. The van der Waals surface area contributed by atoms with Gasteiger partial charge in [-0.15, -0.1) is 0 Å². The maximum Gasteiger partial charge on any atom is 0.338 e. The van der Waals surface area contributed by atoms with Crippen LogP contribution in [0.4, 0.5) is 14.9 Å². The molecule has 0 spiro atoms. The number of nitrogens with one attached hydrogen (secondary N) is 1. The molecule has 21 heavy (non-hydrogen) atoms. The lowest BCUT2D eigenvalue weighted by Crippen LogP contribution is -2.47. The van der Waals surface area contributed by atoms with Crippen LogP contribution in [0.1, 0.15) is 29.6 Å². The molecular weight excluding hydrogens is 279 g/mol. The number of carboxylic acids is 1. The third-order valence-corrected chi connectivity index (χ3v) is 3.57. The van der Waals surface area contributed by atoms with Crippen LogP contribution in [0.25, 0.3) is 0 Å². The first-order valence-electron chi connectivity index (χ1n) is 6.74. The van der Waals surface area contributed by atoms with Crippen LogP contribution in [0.15, 0.2) is 18.2 Å². The van der Waals surface area contributed by atoms with E-state index >= 15 is 0 Å². The van der Waals surface area contributed by atoms with Crippen molar-refractivity contribution in [1.29, 1.82) is 0 Å². The molecule has 0 aromatic heterocycles. The van der Waals surface area contributed by atoms with Gasteiger partial charge in [0, 0.05) is 18.3 Å². The van der Waals surface area contributed by atoms with Gasteiger partial charge in [-0.1, -0.05) is 0 Å². The molecule has 1 fully saturated rings. The Morgan fingerprint density at radius 3 is 2.62 bits per heavy atom. The smallest absolute Gasteiger partial charge is 0.338 e. The van der Waals surface area contributed by atoms with Crippen LogP contribution in [-0.2, 0) is 0 Å². The van der Waals surface area contributed by atoms with Gasteiger partial charge in [0.25, 0.3) is 0 Å². The zero-order valence-electron chi connectivity index (χ0n) is 11.4. The molecule has 3 N–H and O–H groups in total. The number of carbonyl (C=O) groups excluding carboxylic acids is 1. The van der Waals surface area contributed by atoms with Gasteiger partial charge in [-0.3, -0.25) is 0 Å². The molecule has 0 radical (unpaired) electrons. The Morgan fingerprint density at radius 2 is 2.10 bits per heavy atom. The van der Waals surface area contributed by atoms with Gasteiger partial charge < -0.3 is 20.4 Å². The molecule has 2 amide bonds. The molecule has 0 aliphatic heterocycles. The Balaban J connectivity index is 2.10. The third kappa shape index (κ3) is 3.49. The number of anilines is 1. The summed E-state index contributed by atoms with van der Waals surface area (Å²) in [6, 6.07) is 3.05. The lowest BCUT2D eigenvalue weighted by Gasteiger charge is -2.37. The van der Waals surface area contributed by atoms with E-state index < -0.39 is 23.4 Å². The minimum absolute atomic E-state index is 0.0940. The maximum absolute atomic E-state index is 13.3. The average molecular weight is 296 g/mol. The molecule has 1 aromatic carbocycles. The minimum atomic E-state index is -1.39. The van der Waals surface area contributed by atoms with Gasteiger partial charge in [0.2, 0.25) is 0 Å². The molecule has 1 saturated carbocycles. The summed E-state index contributed by atoms with van der Waals surface area (Å²) in [6.45, 7) is 0.0667. The topological polar surface area (TPSA) is 89.9 Å². The number of carbonyl (C=O) groups is 2. The number of rotatable bonds is 5. The minimum Gasteiger partial charge on any atom is -0.478 e. The van der Waals surface area contributed by atoms with Crippen molar-refractivity contribution in [3.05, 3.63) is 29.6 Å². The van der Waals surface area contributed by atoms with Gasteiger partial charge in [0.1, 0.15) is 5.82 Å². The molecule has 2 rings (SSSR count). The van der Waals surface area contributed by atoms with E-state index in [-0.39, 0.29) is 24.9 Å². The zero-order valence-corrected chi connectivity index (χ0v) is 11.4. The first kappa shape index (κ1) is 15.2. The van der Waals surface area contributed by atoms with Crippen molar-refractivity contribution in [2.45, 2.75) is 25.3 Å². The quantitative estimate of drug-likeness (QED) is 0.774. The molecule has 0 bridgehead atoms. The fraction of sp³-hybridized carbons (Fsp3) is 0.429. The Morgan fingerprint density at radius 1 is 1.38 bits per heavy atom. The van der Waals surface area contributed by atoms with Crippen molar-refractivity contribution >= 4 is 17.7 Å². The molecule has 0 heterocycles. The van der Waals surface area contributed by atoms with Crippen LogP contribution in [0, 0.1) is 5.82 Å². The summed E-state index contributed by atoms with van der Waals surface area (Å²) < 4.78 is 13.3. The number of nitrogens with zero attached hydrogens (tertiary/aromatic N) is 1. The molecule has 0 saturated heterocycles. The number of carboxylic acid groups (broad SMARTS) is 1. The van der Waals surface area contributed by atoms with Crippen molar-refractivity contribution in [3.63, 3.8) is 0 Å². The number of aromatic carboxylic acids is 1.